The molecule has 0 aromatic heterocycles. The molecule has 0 saturated carbocycles. The first-order valence-electron chi connectivity index (χ1n) is 9.59. The van der Waals surface area contributed by atoms with Crippen molar-refractivity contribution in [3.63, 3.8) is 0 Å². The Kier molecular flexibility index (Phi) is 7.76. The van der Waals surface area contributed by atoms with Crippen molar-refractivity contribution in [2.45, 2.75) is 27.7 Å². The number of rotatable bonds is 4. The summed E-state index contributed by atoms with van der Waals surface area (Å²) in [6, 6.07) is 19.5. The SMILES string of the molecule is CCNC(=O)c1ccc(C)cc1C.CCNC(=O)c1cccc2ccccc12. The Hall–Kier alpha value is -3.14. The fraction of sp³-hybridized carbons (Fsp3) is 0.250. The molecular formula is C24H28N2O2. The normalized spacial score (nSPS) is 10.0. The van der Waals surface area contributed by atoms with Gasteiger partial charge in [-0.25, -0.2) is 0 Å². The van der Waals surface area contributed by atoms with Crippen LogP contribution in [0.25, 0.3) is 10.8 Å². The molecule has 0 radical (unpaired) electrons. The predicted molar refractivity (Wildman–Crippen MR) is 116 cm³/mol. The maximum Gasteiger partial charge on any atom is 0.251 e. The molecule has 146 valence electrons. The standard InChI is InChI=1S/C13H13NO.C11H15NO/c1-2-14-13(15)12-9-5-7-10-6-3-4-8-11(10)12;1-4-12-11(13)10-6-5-8(2)7-9(10)3/h3-9H,2H2,1H3,(H,14,15);5-7H,4H2,1-3H3,(H,12,13). The van der Waals surface area contributed by atoms with E-state index in [0.717, 1.165) is 27.5 Å². The van der Waals surface area contributed by atoms with Gasteiger partial charge in [-0.3, -0.25) is 9.59 Å². The first kappa shape index (κ1) is 21.2. The van der Waals surface area contributed by atoms with E-state index in [1.807, 2.05) is 88.4 Å². The minimum Gasteiger partial charge on any atom is -0.352 e. The molecule has 0 bridgehead atoms. The average Bonchev–Trinajstić information content (AvgIpc) is 2.68. The fourth-order valence-corrected chi connectivity index (χ4v) is 3.00. The third-order valence-corrected chi connectivity index (χ3v) is 4.34. The van der Waals surface area contributed by atoms with E-state index in [2.05, 4.69) is 10.6 Å². The Bertz CT molecular complexity index is 958. The van der Waals surface area contributed by atoms with Gasteiger partial charge < -0.3 is 10.6 Å². The third kappa shape index (κ3) is 5.43. The lowest BCUT2D eigenvalue weighted by Gasteiger charge is -2.06. The van der Waals surface area contributed by atoms with Crippen molar-refractivity contribution >= 4 is 22.6 Å². The Balaban J connectivity index is 0.000000203. The Morgan fingerprint density at radius 1 is 0.750 bits per heavy atom. The molecule has 0 fully saturated rings. The van der Waals surface area contributed by atoms with Gasteiger partial charge in [0.1, 0.15) is 0 Å². The summed E-state index contributed by atoms with van der Waals surface area (Å²) in [6.07, 6.45) is 0. The summed E-state index contributed by atoms with van der Waals surface area (Å²) in [5, 5.41) is 7.70. The van der Waals surface area contributed by atoms with E-state index in [1.54, 1.807) is 0 Å². The van der Waals surface area contributed by atoms with Gasteiger partial charge >= 0.3 is 0 Å². The van der Waals surface area contributed by atoms with Crippen LogP contribution in [-0.4, -0.2) is 24.9 Å². The number of hydrogen-bond acceptors (Lipinski definition) is 2. The topological polar surface area (TPSA) is 58.2 Å². The van der Waals surface area contributed by atoms with Gasteiger partial charge in [-0.1, -0.05) is 54.1 Å². The highest BCUT2D eigenvalue weighted by atomic mass is 16.2. The number of aryl methyl sites for hydroxylation is 2. The summed E-state index contributed by atoms with van der Waals surface area (Å²) >= 11 is 0. The smallest absolute Gasteiger partial charge is 0.251 e. The first-order chi connectivity index (χ1) is 13.5. The summed E-state index contributed by atoms with van der Waals surface area (Å²) in [5.74, 6) is 0.00861. The van der Waals surface area contributed by atoms with Crippen molar-refractivity contribution in [2.24, 2.45) is 0 Å². The molecule has 0 saturated heterocycles. The van der Waals surface area contributed by atoms with Gasteiger partial charge in [-0.2, -0.15) is 0 Å². The number of carbonyl (C=O) groups excluding carboxylic acids is 2. The summed E-state index contributed by atoms with van der Waals surface area (Å²) in [5.41, 5.74) is 3.74. The molecule has 0 aliphatic heterocycles. The minimum absolute atomic E-state index is 0.00528. The second kappa shape index (κ2) is 10.3. The first-order valence-corrected chi connectivity index (χ1v) is 9.59. The van der Waals surface area contributed by atoms with E-state index in [-0.39, 0.29) is 11.8 Å². The quantitative estimate of drug-likeness (QED) is 0.697. The number of fused-ring (bicyclic) bond motifs is 1. The lowest BCUT2D eigenvalue weighted by atomic mass is 10.0. The van der Waals surface area contributed by atoms with Crippen LogP contribution in [0, 0.1) is 13.8 Å². The van der Waals surface area contributed by atoms with E-state index >= 15 is 0 Å². The van der Waals surface area contributed by atoms with Crippen LogP contribution < -0.4 is 10.6 Å². The summed E-state index contributed by atoms with van der Waals surface area (Å²) in [6.45, 7) is 9.14. The van der Waals surface area contributed by atoms with Gasteiger partial charge in [0.05, 0.1) is 0 Å². The highest BCUT2D eigenvalue weighted by Gasteiger charge is 2.07. The van der Waals surface area contributed by atoms with Crippen LogP contribution in [-0.2, 0) is 0 Å². The van der Waals surface area contributed by atoms with Crippen LogP contribution in [0.4, 0.5) is 0 Å². The van der Waals surface area contributed by atoms with Gasteiger partial charge in [0, 0.05) is 24.2 Å². The molecule has 0 heterocycles. The second-order valence-corrected chi connectivity index (χ2v) is 6.56. The minimum atomic E-state index is -0.00528. The largest absolute Gasteiger partial charge is 0.352 e. The molecule has 2 N–H and O–H groups in total. The maximum absolute atomic E-state index is 11.7. The number of carbonyl (C=O) groups is 2. The number of hydrogen-bond donors (Lipinski definition) is 2. The summed E-state index contributed by atoms with van der Waals surface area (Å²) in [7, 11) is 0. The molecule has 3 aromatic rings. The average molecular weight is 377 g/mol. The molecule has 0 spiro atoms. The zero-order valence-corrected chi connectivity index (χ0v) is 17.0. The lowest BCUT2D eigenvalue weighted by molar-refractivity contribution is 0.0948. The van der Waals surface area contributed by atoms with Crippen LogP contribution in [0.2, 0.25) is 0 Å². The van der Waals surface area contributed by atoms with Crippen molar-refractivity contribution in [3.05, 3.63) is 82.9 Å². The molecule has 4 heteroatoms. The van der Waals surface area contributed by atoms with E-state index in [1.165, 1.54) is 5.56 Å². The van der Waals surface area contributed by atoms with Crippen LogP contribution in [0.15, 0.2) is 60.7 Å². The van der Waals surface area contributed by atoms with Crippen molar-refractivity contribution in [1.82, 2.24) is 10.6 Å². The molecule has 0 aliphatic rings. The Morgan fingerprint density at radius 2 is 1.36 bits per heavy atom. The van der Waals surface area contributed by atoms with Crippen LogP contribution in [0.1, 0.15) is 45.7 Å². The second-order valence-electron chi connectivity index (χ2n) is 6.56. The molecule has 3 rings (SSSR count). The molecule has 0 atom stereocenters. The highest BCUT2D eigenvalue weighted by Crippen LogP contribution is 2.18. The molecule has 28 heavy (non-hydrogen) atoms. The Morgan fingerprint density at radius 3 is 2.00 bits per heavy atom. The van der Waals surface area contributed by atoms with E-state index in [4.69, 9.17) is 0 Å². The Labute approximate surface area is 167 Å². The zero-order valence-electron chi connectivity index (χ0n) is 17.0. The third-order valence-electron chi connectivity index (χ3n) is 4.34. The van der Waals surface area contributed by atoms with Gasteiger partial charge in [0.15, 0.2) is 0 Å². The molecule has 0 unspecified atom stereocenters. The van der Waals surface area contributed by atoms with E-state index in [9.17, 15) is 9.59 Å². The summed E-state index contributed by atoms with van der Waals surface area (Å²) < 4.78 is 0. The van der Waals surface area contributed by atoms with Gasteiger partial charge in [0.2, 0.25) is 0 Å². The number of benzene rings is 3. The van der Waals surface area contributed by atoms with Gasteiger partial charge in [-0.15, -0.1) is 0 Å². The zero-order chi connectivity index (χ0) is 20.5. The van der Waals surface area contributed by atoms with Crippen LogP contribution >= 0.6 is 0 Å². The molecule has 4 nitrogen and oxygen atoms in total. The monoisotopic (exact) mass is 376 g/mol. The van der Waals surface area contributed by atoms with Crippen molar-refractivity contribution in [1.29, 1.82) is 0 Å². The predicted octanol–water partition coefficient (Wildman–Crippen LogP) is 4.64. The van der Waals surface area contributed by atoms with Crippen molar-refractivity contribution in [3.8, 4) is 0 Å². The maximum atomic E-state index is 11.7. The number of nitrogens with one attached hydrogen (secondary N) is 2. The molecule has 3 aromatic carbocycles. The highest BCUT2D eigenvalue weighted by molar-refractivity contribution is 6.06. The van der Waals surface area contributed by atoms with Crippen LogP contribution in [0.3, 0.4) is 0 Å². The van der Waals surface area contributed by atoms with Gasteiger partial charge in [0.25, 0.3) is 11.8 Å². The summed E-state index contributed by atoms with van der Waals surface area (Å²) in [4.78, 5) is 23.2. The molecule has 2 amide bonds. The molecular weight excluding hydrogens is 348 g/mol. The lowest BCUT2D eigenvalue weighted by Crippen LogP contribution is -2.23. The van der Waals surface area contributed by atoms with E-state index in [0.29, 0.717) is 13.1 Å². The van der Waals surface area contributed by atoms with Gasteiger partial charge in [-0.05, 0) is 56.2 Å². The van der Waals surface area contributed by atoms with Crippen molar-refractivity contribution in [2.75, 3.05) is 13.1 Å². The fourth-order valence-electron chi connectivity index (χ4n) is 3.00. The van der Waals surface area contributed by atoms with Crippen molar-refractivity contribution < 1.29 is 9.59 Å². The number of amides is 2. The molecule has 0 aliphatic carbocycles. The van der Waals surface area contributed by atoms with Crippen LogP contribution in [0.5, 0.6) is 0 Å². The van der Waals surface area contributed by atoms with E-state index < -0.39 is 0 Å².